The van der Waals surface area contributed by atoms with Crippen molar-refractivity contribution >= 4 is 21.8 Å². The molecule has 8 heteroatoms. The molecule has 2 aromatic rings. The molecule has 2 heterocycles. The van der Waals surface area contributed by atoms with Crippen molar-refractivity contribution in [2.45, 2.75) is 44.2 Å². The summed E-state index contributed by atoms with van der Waals surface area (Å²) in [6.45, 7) is 5.54. The highest BCUT2D eigenvalue weighted by Gasteiger charge is 2.38. The van der Waals surface area contributed by atoms with Gasteiger partial charge in [-0.1, -0.05) is 56.3 Å². The van der Waals surface area contributed by atoms with Gasteiger partial charge in [-0.3, -0.25) is 9.59 Å². The monoisotopic (exact) mass is 469 g/mol. The van der Waals surface area contributed by atoms with E-state index in [2.05, 4.69) is 0 Å². The van der Waals surface area contributed by atoms with Gasteiger partial charge in [-0.2, -0.15) is 4.31 Å². The molecular weight excluding hydrogens is 438 g/mol. The van der Waals surface area contributed by atoms with Gasteiger partial charge in [0, 0.05) is 45.6 Å². The van der Waals surface area contributed by atoms with Gasteiger partial charge in [0.05, 0.1) is 4.90 Å². The fourth-order valence-electron chi connectivity index (χ4n) is 4.57. The van der Waals surface area contributed by atoms with E-state index in [1.54, 1.807) is 40.1 Å². The molecule has 33 heavy (non-hydrogen) atoms. The Morgan fingerprint density at radius 1 is 0.909 bits per heavy atom. The first-order valence-corrected chi connectivity index (χ1v) is 12.9. The smallest absolute Gasteiger partial charge is 0.245 e. The van der Waals surface area contributed by atoms with Gasteiger partial charge in [0.1, 0.15) is 6.04 Å². The van der Waals surface area contributed by atoms with Crippen LogP contribution in [0, 0.1) is 5.92 Å². The first kappa shape index (κ1) is 23.4. The number of rotatable bonds is 5. The number of hydrogen-bond donors (Lipinski definition) is 0. The number of benzene rings is 2. The fourth-order valence-corrected chi connectivity index (χ4v) is 6.02. The van der Waals surface area contributed by atoms with Crippen LogP contribution in [0.15, 0.2) is 59.5 Å². The number of piperazine rings is 1. The molecule has 1 fully saturated rings. The van der Waals surface area contributed by atoms with Crippen molar-refractivity contribution in [3.8, 4) is 0 Å². The number of nitrogens with zero attached hydrogens (tertiary/aromatic N) is 3. The predicted molar refractivity (Wildman–Crippen MR) is 126 cm³/mol. The summed E-state index contributed by atoms with van der Waals surface area (Å²) in [6.07, 6.45) is 0.885. The van der Waals surface area contributed by atoms with Crippen LogP contribution in [-0.2, 0) is 32.6 Å². The molecule has 0 bridgehead atoms. The standard InChI is InChI=1S/C25H31N3O4S/c1-19(2)16-24(29)28-18-21-9-7-6-8-20(21)17-23(28)25(30)26-12-14-27(15-13-26)33(31,32)22-10-4-3-5-11-22/h3-11,19,23H,12-18H2,1-2H3. The number of fused-ring (bicyclic) bond motifs is 1. The summed E-state index contributed by atoms with van der Waals surface area (Å²) in [7, 11) is -3.58. The lowest BCUT2D eigenvalue weighted by molar-refractivity contribution is -0.148. The minimum atomic E-state index is -3.58. The molecule has 0 N–H and O–H groups in total. The van der Waals surface area contributed by atoms with Crippen LogP contribution in [0.1, 0.15) is 31.4 Å². The van der Waals surface area contributed by atoms with Gasteiger partial charge < -0.3 is 9.80 Å². The predicted octanol–water partition coefficient (Wildman–Crippen LogP) is 2.52. The Balaban J connectivity index is 1.49. The molecule has 2 amide bonds. The van der Waals surface area contributed by atoms with E-state index in [1.165, 1.54) is 4.31 Å². The minimum absolute atomic E-state index is 0.0110. The summed E-state index contributed by atoms with van der Waals surface area (Å²) in [5.74, 6) is 0.0960. The van der Waals surface area contributed by atoms with E-state index < -0.39 is 16.1 Å². The van der Waals surface area contributed by atoms with Crippen molar-refractivity contribution in [2.24, 2.45) is 5.92 Å². The maximum atomic E-state index is 13.6. The number of carbonyl (C=O) groups is 2. The first-order valence-electron chi connectivity index (χ1n) is 11.5. The van der Waals surface area contributed by atoms with Crippen LogP contribution in [0.3, 0.4) is 0 Å². The third kappa shape index (κ3) is 4.96. The van der Waals surface area contributed by atoms with Crippen molar-refractivity contribution in [3.63, 3.8) is 0 Å². The third-order valence-corrected chi connectivity index (χ3v) is 8.28. The van der Waals surface area contributed by atoms with Crippen LogP contribution in [0.5, 0.6) is 0 Å². The SMILES string of the molecule is CC(C)CC(=O)N1Cc2ccccc2CC1C(=O)N1CCN(S(=O)(=O)c2ccccc2)CC1. The normalized spacial score (nSPS) is 19.4. The third-order valence-electron chi connectivity index (χ3n) is 6.37. The molecule has 1 atom stereocenters. The molecule has 7 nitrogen and oxygen atoms in total. The lowest BCUT2D eigenvalue weighted by Gasteiger charge is -2.41. The average Bonchev–Trinajstić information content (AvgIpc) is 2.83. The molecule has 0 spiro atoms. The Morgan fingerprint density at radius 3 is 2.15 bits per heavy atom. The van der Waals surface area contributed by atoms with Crippen LogP contribution >= 0.6 is 0 Å². The van der Waals surface area contributed by atoms with Gasteiger partial charge in [0.15, 0.2) is 0 Å². The zero-order valence-electron chi connectivity index (χ0n) is 19.2. The Hall–Kier alpha value is -2.71. The average molecular weight is 470 g/mol. The van der Waals surface area contributed by atoms with Crippen LogP contribution < -0.4 is 0 Å². The Labute approximate surface area is 196 Å². The molecule has 0 saturated carbocycles. The van der Waals surface area contributed by atoms with Gasteiger partial charge >= 0.3 is 0 Å². The Morgan fingerprint density at radius 2 is 1.52 bits per heavy atom. The second-order valence-corrected chi connectivity index (χ2v) is 11.1. The van der Waals surface area contributed by atoms with Crippen LogP contribution in [0.25, 0.3) is 0 Å². The summed E-state index contributed by atoms with van der Waals surface area (Å²) in [5, 5.41) is 0. The van der Waals surface area contributed by atoms with Crippen molar-refractivity contribution in [1.82, 2.24) is 14.1 Å². The van der Waals surface area contributed by atoms with E-state index >= 15 is 0 Å². The molecule has 1 unspecified atom stereocenters. The number of carbonyl (C=O) groups excluding carboxylic acids is 2. The van der Waals surface area contributed by atoms with E-state index in [9.17, 15) is 18.0 Å². The van der Waals surface area contributed by atoms with Crippen molar-refractivity contribution in [2.75, 3.05) is 26.2 Å². The van der Waals surface area contributed by atoms with Gasteiger partial charge in [0.2, 0.25) is 21.8 Å². The second-order valence-electron chi connectivity index (χ2n) is 9.15. The van der Waals surface area contributed by atoms with Gasteiger partial charge in [0.25, 0.3) is 0 Å². The van der Waals surface area contributed by atoms with Gasteiger partial charge in [-0.05, 0) is 29.2 Å². The first-order chi connectivity index (χ1) is 15.8. The van der Waals surface area contributed by atoms with E-state index in [0.29, 0.717) is 32.5 Å². The highest BCUT2D eigenvalue weighted by atomic mass is 32.2. The van der Waals surface area contributed by atoms with Gasteiger partial charge in [-0.15, -0.1) is 0 Å². The highest BCUT2D eigenvalue weighted by molar-refractivity contribution is 7.89. The highest BCUT2D eigenvalue weighted by Crippen LogP contribution is 2.27. The van der Waals surface area contributed by atoms with Crippen molar-refractivity contribution < 1.29 is 18.0 Å². The van der Waals surface area contributed by atoms with Crippen molar-refractivity contribution in [1.29, 1.82) is 0 Å². The lowest BCUT2D eigenvalue weighted by Crippen LogP contribution is -2.58. The fraction of sp³-hybridized carbons (Fsp3) is 0.440. The molecule has 2 aliphatic rings. The molecule has 176 valence electrons. The largest absolute Gasteiger partial charge is 0.338 e. The number of sulfonamides is 1. The van der Waals surface area contributed by atoms with E-state index in [0.717, 1.165) is 11.1 Å². The molecule has 2 aliphatic heterocycles. The van der Waals surface area contributed by atoms with E-state index in [4.69, 9.17) is 0 Å². The zero-order chi connectivity index (χ0) is 23.6. The summed E-state index contributed by atoms with van der Waals surface area (Å²) in [5.41, 5.74) is 2.17. The summed E-state index contributed by atoms with van der Waals surface area (Å²) < 4.78 is 27.3. The summed E-state index contributed by atoms with van der Waals surface area (Å²) in [4.78, 5) is 30.3. The lowest BCUT2D eigenvalue weighted by atomic mass is 9.92. The van der Waals surface area contributed by atoms with Crippen LogP contribution in [0.4, 0.5) is 0 Å². The topological polar surface area (TPSA) is 78.0 Å². The van der Waals surface area contributed by atoms with Crippen LogP contribution in [-0.4, -0.2) is 66.6 Å². The van der Waals surface area contributed by atoms with E-state index in [1.807, 2.05) is 38.1 Å². The molecular formula is C25H31N3O4S. The maximum Gasteiger partial charge on any atom is 0.245 e. The number of hydrogen-bond acceptors (Lipinski definition) is 4. The Bertz CT molecular complexity index is 1110. The number of amides is 2. The molecule has 0 aromatic heterocycles. The quantitative estimate of drug-likeness (QED) is 0.674. The van der Waals surface area contributed by atoms with E-state index in [-0.39, 0.29) is 35.7 Å². The molecule has 0 aliphatic carbocycles. The second kappa shape index (κ2) is 9.65. The summed E-state index contributed by atoms with van der Waals surface area (Å²) >= 11 is 0. The molecule has 1 saturated heterocycles. The maximum absolute atomic E-state index is 13.6. The molecule has 4 rings (SSSR count). The molecule has 0 radical (unpaired) electrons. The molecule has 2 aromatic carbocycles. The zero-order valence-corrected chi connectivity index (χ0v) is 20.0. The minimum Gasteiger partial charge on any atom is -0.338 e. The summed E-state index contributed by atoms with van der Waals surface area (Å²) in [6, 6.07) is 15.8. The Kier molecular flexibility index (Phi) is 6.86. The van der Waals surface area contributed by atoms with Gasteiger partial charge in [-0.25, -0.2) is 8.42 Å². The van der Waals surface area contributed by atoms with Crippen molar-refractivity contribution in [3.05, 3.63) is 65.7 Å². The van der Waals surface area contributed by atoms with Crippen LogP contribution in [0.2, 0.25) is 0 Å².